The van der Waals surface area contributed by atoms with Gasteiger partial charge in [-0.2, -0.15) is 27.7 Å². The van der Waals surface area contributed by atoms with Crippen LogP contribution in [0.3, 0.4) is 0 Å². The minimum absolute atomic E-state index is 0.0136. The van der Waals surface area contributed by atoms with E-state index in [2.05, 4.69) is 10.2 Å². The molecule has 39 heavy (non-hydrogen) atoms. The Labute approximate surface area is 223 Å². The van der Waals surface area contributed by atoms with E-state index in [0.717, 1.165) is 29.0 Å². The monoisotopic (exact) mass is 564 g/mol. The fourth-order valence-electron chi connectivity index (χ4n) is 5.01. The Morgan fingerprint density at radius 1 is 1.08 bits per heavy atom. The molecule has 1 saturated heterocycles. The second-order valence-electron chi connectivity index (χ2n) is 9.97. The molecule has 4 aromatic rings. The van der Waals surface area contributed by atoms with Gasteiger partial charge in [0, 0.05) is 50.9 Å². The maximum atomic E-state index is 13.5. The standard InChI is InChI=1S/C26H28F4N6O2S/c1-17-10-24-19(12-32-36(24)21-6-4-20(27)5-7-21)11-23(17)25-16-35(39(37,38)22-13-31-33(3)15-22)9-8-34(25)14-18(2)26(28,29)30/h4-7,10-13,15,18,25H,8-9,14,16H2,1-3H3/t18?,25-/m1/s1. The Morgan fingerprint density at radius 2 is 1.79 bits per heavy atom. The van der Waals surface area contributed by atoms with E-state index in [9.17, 15) is 26.0 Å². The van der Waals surface area contributed by atoms with Crippen molar-refractivity contribution in [2.24, 2.45) is 13.0 Å². The van der Waals surface area contributed by atoms with E-state index in [4.69, 9.17) is 0 Å². The van der Waals surface area contributed by atoms with Crippen LogP contribution < -0.4 is 0 Å². The van der Waals surface area contributed by atoms with Gasteiger partial charge in [-0.1, -0.05) is 6.92 Å². The van der Waals surface area contributed by atoms with Gasteiger partial charge in [-0.3, -0.25) is 9.58 Å². The summed E-state index contributed by atoms with van der Waals surface area (Å²) >= 11 is 0. The lowest BCUT2D eigenvalue weighted by Crippen LogP contribution is -2.52. The van der Waals surface area contributed by atoms with Crippen molar-refractivity contribution in [3.8, 4) is 5.69 Å². The maximum Gasteiger partial charge on any atom is 0.392 e. The van der Waals surface area contributed by atoms with Gasteiger partial charge in [0.25, 0.3) is 0 Å². The van der Waals surface area contributed by atoms with E-state index in [1.807, 2.05) is 19.1 Å². The molecule has 0 amide bonds. The molecule has 208 valence electrons. The second-order valence-corrected chi connectivity index (χ2v) is 11.9. The number of rotatable bonds is 6. The van der Waals surface area contributed by atoms with Gasteiger partial charge in [0.2, 0.25) is 10.0 Å². The third-order valence-electron chi connectivity index (χ3n) is 7.23. The van der Waals surface area contributed by atoms with Gasteiger partial charge in [-0.15, -0.1) is 0 Å². The van der Waals surface area contributed by atoms with E-state index in [0.29, 0.717) is 5.69 Å². The summed E-state index contributed by atoms with van der Waals surface area (Å²) in [5, 5.41) is 9.13. The van der Waals surface area contributed by atoms with E-state index >= 15 is 0 Å². The molecule has 2 atom stereocenters. The summed E-state index contributed by atoms with van der Waals surface area (Å²) in [4.78, 5) is 1.75. The quantitative estimate of drug-likeness (QED) is 0.324. The molecule has 1 unspecified atom stereocenters. The van der Waals surface area contributed by atoms with Crippen molar-refractivity contribution in [3.63, 3.8) is 0 Å². The highest BCUT2D eigenvalue weighted by Gasteiger charge is 2.41. The highest BCUT2D eigenvalue weighted by Crippen LogP contribution is 2.36. The molecule has 0 N–H and O–H groups in total. The number of halogens is 4. The summed E-state index contributed by atoms with van der Waals surface area (Å²) in [6.45, 7) is 2.90. The topological polar surface area (TPSA) is 76.3 Å². The average Bonchev–Trinajstić information content (AvgIpc) is 3.50. The molecule has 1 aliphatic rings. The lowest BCUT2D eigenvalue weighted by Gasteiger charge is -2.42. The Kier molecular flexibility index (Phi) is 7.02. The first-order chi connectivity index (χ1) is 18.3. The summed E-state index contributed by atoms with van der Waals surface area (Å²) in [5.74, 6) is -1.96. The van der Waals surface area contributed by atoms with Crippen LogP contribution in [0.15, 0.2) is 59.9 Å². The van der Waals surface area contributed by atoms with E-state index in [1.54, 1.807) is 35.0 Å². The van der Waals surface area contributed by atoms with E-state index in [1.165, 1.54) is 33.5 Å². The molecule has 0 radical (unpaired) electrons. The van der Waals surface area contributed by atoms with Crippen molar-refractivity contribution in [3.05, 3.63) is 71.9 Å². The minimum atomic E-state index is -4.38. The van der Waals surface area contributed by atoms with Gasteiger partial charge in [-0.05, 0) is 54.4 Å². The molecular formula is C26H28F4N6O2S. The van der Waals surface area contributed by atoms with Crippen LogP contribution in [0, 0.1) is 18.7 Å². The highest BCUT2D eigenvalue weighted by molar-refractivity contribution is 7.89. The zero-order chi connectivity index (χ0) is 28.1. The summed E-state index contributed by atoms with van der Waals surface area (Å²) < 4.78 is 85.1. The molecule has 2 aromatic carbocycles. The molecule has 5 rings (SSSR count). The first kappa shape index (κ1) is 27.3. The Balaban J connectivity index is 1.54. The number of nitrogens with zero attached hydrogens (tertiary/aromatic N) is 6. The number of benzene rings is 2. The van der Waals surface area contributed by atoms with Crippen molar-refractivity contribution in [2.45, 2.75) is 31.0 Å². The number of aromatic nitrogens is 4. The molecule has 8 nitrogen and oxygen atoms in total. The molecule has 2 aromatic heterocycles. The zero-order valence-corrected chi connectivity index (χ0v) is 22.4. The molecule has 0 saturated carbocycles. The molecule has 0 bridgehead atoms. The Morgan fingerprint density at radius 3 is 2.44 bits per heavy atom. The summed E-state index contributed by atoms with van der Waals surface area (Å²) in [6, 6.07) is 9.00. The van der Waals surface area contributed by atoms with Gasteiger partial charge in [-0.25, -0.2) is 17.5 Å². The van der Waals surface area contributed by atoms with Gasteiger partial charge in [0.05, 0.1) is 29.5 Å². The van der Waals surface area contributed by atoms with Crippen LogP contribution in [0.5, 0.6) is 0 Å². The van der Waals surface area contributed by atoms with E-state index < -0.39 is 28.2 Å². The van der Waals surface area contributed by atoms with Crippen LogP contribution in [0.4, 0.5) is 17.6 Å². The van der Waals surface area contributed by atoms with Crippen LogP contribution in [0.25, 0.3) is 16.6 Å². The molecule has 1 aliphatic heterocycles. The minimum Gasteiger partial charge on any atom is -0.293 e. The molecule has 0 aliphatic carbocycles. The normalized spacial score (nSPS) is 18.6. The SMILES string of the molecule is Cc1cc2c(cnn2-c2ccc(F)cc2)cc1[C@H]1CN(S(=O)(=O)c2cnn(C)c2)CCN1CC(C)C(F)(F)F. The van der Waals surface area contributed by atoms with Crippen LogP contribution in [0.2, 0.25) is 0 Å². The largest absolute Gasteiger partial charge is 0.392 e. The third kappa shape index (κ3) is 5.30. The number of hydrogen-bond donors (Lipinski definition) is 0. The smallest absolute Gasteiger partial charge is 0.293 e. The lowest BCUT2D eigenvalue weighted by molar-refractivity contribution is -0.176. The zero-order valence-electron chi connectivity index (χ0n) is 21.6. The Hall–Kier alpha value is -3.29. The van der Waals surface area contributed by atoms with Crippen molar-refractivity contribution >= 4 is 20.9 Å². The molecule has 13 heteroatoms. The van der Waals surface area contributed by atoms with Crippen LogP contribution in [-0.4, -0.2) is 69.5 Å². The molecular weight excluding hydrogens is 536 g/mol. The summed E-state index contributed by atoms with van der Waals surface area (Å²) in [7, 11) is -2.29. The average molecular weight is 565 g/mol. The number of alkyl halides is 3. The van der Waals surface area contributed by atoms with Crippen molar-refractivity contribution in [1.29, 1.82) is 0 Å². The molecule has 0 spiro atoms. The fraction of sp³-hybridized carbons (Fsp3) is 0.385. The summed E-state index contributed by atoms with van der Waals surface area (Å²) in [5.41, 5.74) is 2.91. The second kappa shape index (κ2) is 10.0. The third-order valence-corrected chi connectivity index (χ3v) is 9.04. The highest BCUT2D eigenvalue weighted by atomic mass is 32.2. The van der Waals surface area contributed by atoms with Crippen LogP contribution in [-0.2, 0) is 17.1 Å². The molecule has 3 heterocycles. The number of hydrogen-bond acceptors (Lipinski definition) is 5. The predicted molar refractivity (Wildman–Crippen MR) is 137 cm³/mol. The number of sulfonamides is 1. The first-order valence-corrected chi connectivity index (χ1v) is 13.8. The van der Waals surface area contributed by atoms with Gasteiger partial charge in [0.15, 0.2) is 0 Å². The van der Waals surface area contributed by atoms with Crippen molar-refractivity contribution in [2.75, 3.05) is 26.2 Å². The fourth-order valence-corrected chi connectivity index (χ4v) is 6.43. The van der Waals surface area contributed by atoms with Gasteiger partial charge in [0.1, 0.15) is 10.7 Å². The van der Waals surface area contributed by atoms with Crippen molar-refractivity contribution in [1.82, 2.24) is 28.8 Å². The number of piperazine rings is 1. The van der Waals surface area contributed by atoms with Crippen LogP contribution >= 0.6 is 0 Å². The van der Waals surface area contributed by atoms with E-state index in [-0.39, 0.29) is 36.9 Å². The van der Waals surface area contributed by atoms with Crippen molar-refractivity contribution < 1.29 is 26.0 Å². The number of aryl methyl sites for hydroxylation is 2. The maximum absolute atomic E-state index is 13.5. The summed E-state index contributed by atoms with van der Waals surface area (Å²) in [6.07, 6.45) is -0.0662. The van der Waals surface area contributed by atoms with Crippen LogP contribution in [0.1, 0.15) is 24.1 Å². The number of fused-ring (bicyclic) bond motifs is 1. The lowest BCUT2D eigenvalue weighted by atomic mass is 9.95. The predicted octanol–water partition coefficient (Wildman–Crippen LogP) is 4.45. The molecule has 1 fully saturated rings. The van der Waals surface area contributed by atoms with Gasteiger partial charge < -0.3 is 0 Å². The Bertz CT molecular complexity index is 1600. The van der Waals surface area contributed by atoms with Gasteiger partial charge >= 0.3 is 6.18 Å². The first-order valence-electron chi connectivity index (χ1n) is 12.4.